The Hall–Kier alpha value is -0.450. The van der Waals surface area contributed by atoms with E-state index < -0.39 is 0 Å². The summed E-state index contributed by atoms with van der Waals surface area (Å²) in [5, 5.41) is 0. The molecule has 2 aromatic rings. The van der Waals surface area contributed by atoms with E-state index in [1.165, 1.54) is 4.70 Å². The average molecular weight is 274 g/mol. The molecule has 1 aromatic carbocycles. The van der Waals surface area contributed by atoms with E-state index in [0.29, 0.717) is 12.5 Å². The lowest BCUT2D eigenvalue weighted by atomic mass is 10.3. The number of ether oxygens (including phenoxy) is 1. The minimum absolute atomic E-state index is 0.658. The summed E-state index contributed by atoms with van der Waals surface area (Å²) >= 11 is 9.04. The highest BCUT2D eigenvalue weighted by Gasteiger charge is 2.05. The maximum absolute atomic E-state index is 5.65. The van der Waals surface area contributed by atoms with Gasteiger partial charge in [0.25, 0.3) is 0 Å². The van der Waals surface area contributed by atoms with Crippen molar-refractivity contribution in [3.05, 3.63) is 18.2 Å². The monoisotopic (exact) mass is 273 g/mol. The van der Waals surface area contributed by atoms with Gasteiger partial charge in [-0.2, -0.15) is 0 Å². The van der Waals surface area contributed by atoms with Gasteiger partial charge in [0.1, 0.15) is 5.75 Å². The Balaban J connectivity index is 2.23. The van der Waals surface area contributed by atoms with Gasteiger partial charge in [-0.15, -0.1) is 22.9 Å². The topological polar surface area (TPSA) is 22.1 Å². The van der Waals surface area contributed by atoms with Crippen LogP contribution in [0.4, 0.5) is 0 Å². The van der Waals surface area contributed by atoms with Crippen LogP contribution in [-0.2, 0) is 0 Å². The summed E-state index contributed by atoms with van der Waals surface area (Å²) in [5.74, 6) is 2.47. The van der Waals surface area contributed by atoms with Crippen molar-refractivity contribution in [2.24, 2.45) is 0 Å². The van der Waals surface area contributed by atoms with Crippen LogP contribution in [0.15, 0.2) is 22.5 Å². The molecular formula is C11H12ClNOS2. The number of alkyl halides is 1. The molecule has 2 nitrogen and oxygen atoms in total. The summed E-state index contributed by atoms with van der Waals surface area (Å²) in [5.41, 5.74) is 1.03. The van der Waals surface area contributed by atoms with Gasteiger partial charge in [0.05, 0.1) is 16.8 Å². The van der Waals surface area contributed by atoms with Gasteiger partial charge in [-0.25, -0.2) is 4.98 Å². The van der Waals surface area contributed by atoms with Crippen LogP contribution in [0, 0.1) is 0 Å². The van der Waals surface area contributed by atoms with Crippen LogP contribution in [0.1, 0.15) is 6.92 Å². The predicted octanol–water partition coefficient (Wildman–Crippen LogP) is 4.03. The lowest BCUT2D eigenvalue weighted by molar-refractivity contribution is 0.341. The van der Waals surface area contributed by atoms with Crippen LogP contribution in [0.3, 0.4) is 0 Å². The Morgan fingerprint density at radius 2 is 2.38 bits per heavy atom. The quantitative estimate of drug-likeness (QED) is 0.607. The first kappa shape index (κ1) is 12.0. The number of halogens is 1. The fourth-order valence-corrected chi connectivity index (χ4v) is 3.45. The van der Waals surface area contributed by atoms with Crippen molar-refractivity contribution in [3.8, 4) is 5.75 Å². The van der Waals surface area contributed by atoms with Crippen LogP contribution in [-0.4, -0.2) is 23.2 Å². The fraction of sp³-hybridized carbons (Fsp3) is 0.364. The van der Waals surface area contributed by atoms with Crippen molar-refractivity contribution >= 4 is 44.9 Å². The van der Waals surface area contributed by atoms with Crippen molar-refractivity contribution in [2.45, 2.75) is 11.3 Å². The van der Waals surface area contributed by atoms with Gasteiger partial charge in [0.2, 0.25) is 0 Å². The zero-order chi connectivity index (χ0) is 11.4. The standard InChI is InChI=1S/C11H12ClNOS2/c1-2-14-8-3-4-9-10(7-8)16-11(13-9)15-6-5-12/h3-4,7H,2,5-6H2,1H3. The van der Waals surface area contributed by atoms with Gasteiger partial charge >= 0.3 is 0 Å². The molecule has 0 fully saturated rings. The molecule has 0 atom stereocenters. The Bertz CT molecular complexity index is 472. The van der Waals surface area contributed by atoms with Gasteiger partial charge in [0, 0.05) is 11.6 Å². The SMILES string of the molecule is CCOc1ccc2nc(SCCCl)sc2c1. The summed E-state index contributed by atoms with van der Waals surface area (Å²) in [6, 6.07) is 6.00. The summed E-state index contributed by atoms with van der Waals surface area (Å²) in [4.78, 5) is 4.52. The van der Waals surface area contributed by atoms with Crippen LogP contribution in [0.5, 0.6) is 5.75 Å². The maximum Gasteiger partial charge on any atom is 0.151 e. The molecule has 0 amide bonds. The third kappa shape index (κ3) is 2.81. The zero-order valence-electron chi connectivity index (χ0n) is 8.90. The number of fused-ring (bicyclic) bond motifs is 1. The molecule has 86 valence electrons. The molecule has 0 aliphatic carbocycles. The van der Waals surface area contributed by atoms with Crippen LogP contribution < -0.4 is 4.74 Å². The molecular weight excluding hydrogens is 262 g/mol. The van der Waals surface area contributed by atoms with Crippen molar-refractivity contribution in [1.29, 1.82) is 0 Å². The fourth-order valence-electron chi connectivity index (χ4n) is 1.33. The first-order chi connectivity index (χ1) is 7.83. The lowest BCUT2D eigenvalue weighted by Gasteiger charge is -2.00. The van der Waals surface area contributed by atoms with E-state index in [4.69, 9.17) is 16.3 Å². The molecule has 0 aliphatic rings. The summed E-state index contributed by atoms with van der Waals surface area (Å²) in [7, 11) is 0. The van der Waals surface area contributed by atoms with Gasteiger partial charge in [-0.1, -0.05) is 11.8 Å². The van der Waals surface area contributed by atoms with Crippen molar-refractivity contribution in [2.75, 3.05) is 18.2 Å². The number of hydrogen-bond acceptors (Lipinski definition) is 4. The molecule has 5 heteroatoms. The number of aromatic nitrogens is 1. The van der Waals surface area contributed by atoms with Crippen LogP contribution >= 0.6 is 34.7 Å². The molecule has 0 spiro atoms. The minimum atomic E-state index is 0.658. The van der Waals surface area contributed by atoms with E-state index in [0.717, 1.165) is 21.4 Å². The van der Waals surface area contributed by atoms with Gasteiger partial charge in [0.15, 0.2) is 4.34 Å². The Morgan fingerprint density at radius 3 is 3.12 bits per heavy atom. The molecule has 0 N–H and O–H groups in total. The zero-order valence-corrected chi connectivity index (χ0v) is 11.3. The van der Waals surface area contributed by atoms with E-state index >= 15 is 0 Å². The molecule has 1 heterocycles. The highest BCUT2D eigenvalue weighted by molar-refractivity contribution is 8.01. The predicted molar refractivity (Wildman–Crippen MR) is 72.2 cm³/mol. The van der Waals surface area contributed by atoms with Gasteiger partial charge in [-0.3, -0.25) is 0 Å². The number of hydrogen-bond donors (Lipinski definition) is 0. The van der Waals surface area contributed by atoms with Crippen molar-refractivity contribution in [1.82, 2.24) is 4.98 Å². The number of rotatable bonds is 5. The molecule has 2 rings (SSSR count). The normalized spacial score (nSPS) is 10.9. The van der Waals surface area contributed by atoms with E-state index in [9.17, 15) is 0 Å². The molecule has 1 aromatic heterocycles. The van der Waals surface area contributed by atoms with E-state index in [-0.39, 0.29) is 0 Å². The second kappa shape index (κ2) is 5.75. The lowest BCUT2D eigenvalue weighted by Crippen LogP contribution is -1.89. The third-order valence-electron chi connectivity index (χ3n) is 1.95. The largest absolute Gasteiger partial charge is 0.494 e. The summed E-state index contributed by atoms with van der Waals surface area (Å²) in [6.07, 6.45) is 0. The van der Waals surface area contributed by atoms with E-state index in [2.05, 4.69) is 4.98 Å². The highest BCUT2D eigenvalue weighted by atomic mass is 35.5. The molecule has 0 aliphatic heterocycles. The maximum atomic E-state index is 5.65. The number of nitrogens with zero attached hydrogens (tertiary/aromatic N) is 1. The first-order valence-corrected chi connectivity index (χ1v) is 7.39. The molecule has 0 unspecified atom stereocenters. The Kier molecular flexibility index (Phi) is 4.32. The van der Waals surface area contributed by atoms with Crippen LogP contribution in [0.2, 0.25) is 0 Å². The molecule has 0 saturated heterocycles. The molecule has 16 heavy (non-hydrogen) atoms. The smallest absolute Gasteiger partial charge is 0.151 e. The number of benzene rings is 1. The second-order valence-electron chi connectivity index (χ2n) is 3.08. The second-order valence-corrected chi connectivity index (χ2v) is 5.83. The third-order valence-corrected chi connectivity index (χ3v) is 4.53. The minimum Gasteiger partial charge on any atom is -0.494 e. The number of thiazole rings is 1. The van der Waals surface area contributed by atoms with Gasteiger partial charge in [-0.05, 0) is 25.1 Å². The Morgan fingerprint density at radius 1 is 1.50 bits per heavy atom. The van der Waals surface area contributed by atoms with E-state index in [1.807, 2.05) is 25.1 Å². The van der Waals surface area contributed by atoms with Crippen LogP contribution in [0.25, 0.3) is 10.2 Å². The average Bonchev–Trinajstić information content (AvgIpc) is 2.68. The van der Waals surface area contributed by atoms with Crippen molar-refractivity contribution in [3.63, 3.8) is 0 Å². The Labute approximate surface area is 108 Å². The van der Waals surface area contributed by atoms with Crippen molar-refractivity contribution < 1.29 is 4.74 Å². The highest BCUT2D eigenvalue weighted by Crippen LogP contribution is 2.31. The summed E-state index contributed by atoms with van der Waals surface area (Å²) < 4.78 is 7.70. The first-order valence-electron chi connectivity index (χ1n) is 5.05. The number of thioether (sulfide) groups is 1. The molecule has 0 radical (unpaired) electrons. The van der Waals surface area contributed by atoms with E-state index in [1.54, 1.807) is 23.1 Å². The van der Waals surface area contributed by atoms with Gasteiger partial charge < -0.3 is 4.74 Å². The molecule has 0 saturated carbocycles. The summed E-state index contributed by atoms with van der Waals surface area (Å²) in [6.45, 7) is 2.68. The molecule has 0 bridgehead atoms.